The van der Waals surface area contributed by atoms with Gasteiger partial charge in [-0.05, 0) is 38.3 Å². The van der Waals surface area contributed by atoms with Crippen molar-refractivity contribution in [2.24, 2.45) is 11.8 Å². The molecule has 1 fully saturated rings. The van der Waals surface area contributed by atoms with E-state index < -0.39 is 0 Å². The van der Waals surface area contributed by atoms with Crippen LogP contribution in [0.2, 0.25) is 0 Å². The van der Waals surface area contributed by atoms with Gasteiger partial charge in [-0.25, -0.2) is 0 Å². The largest absolute Gasteiger partial charge is 0.297 e. The Morgan fingerprint density at radius 2 is 1.87 bits per heavy atom. The maximum atomic E-state index is 12.2. The lowest BCUT2D eigenvalue weighted by Gasteiger charge is -2.27. The van der Waals surface area contributed by atoms with Gasteiger partial charge in [-0.2, -0.15) is 12.6 Å². The highest BCUT2D eigenvalue weighted by Crippen LogP contribution is 2.23. The lowest BCUT2D eigenvalue weighted by Crippen LogP contribution is -2.39. The second-order valence-corrected chi connectivity index (χ2v) is 5.27. The van der Waals surface area contributed by atoms with E-state index in [1.54, 1.807) is 0 Å². The number of carbonyl (C=O) groups excluding carboxylic acids is 1. The summed E-state index contributed by atoms with van der Waals surface area (Å²) < 4.78 is 0. The summed E-state index contributed by atoms with van der Waals surface area (Å²) in [4.78, 5) is 14.4. The van der Waals surface area contributed by atoms with Crippen LogP contribution in [0.5, 0.6) is 0 Å². The van der Waals surface area contributed by atoms with Crippen LogP contribution < -0.4 is 0 Å². The number of carbonyl (C=O) groups is 1. The monoisotopic (exact) mass is 229 g/mol. The van der Waals surface area contributed by atoms with Crippen molar-refractivity contribution in [3.63, 3.8) is 0 Å². The molecule has 1 heterocycles. The molecule has 1 rings (SSSR count). The maximum absolute atomic E-state index is 12.2. The highest BCUT2D eigenvalue weighted by molar-refractivity contribution is 7.81. The van der Waals surface area contributed by atoms with Gasteiger partial charge in [-0.1, -0.05) is 20.8 Å². The average Bonchev–Trinajstić information content (AvgIpc) is 2.69. The minimum atomic E-state index is -0.167. The Balaban J connectivity index is 2.56. The molecule has 0 spiro atoms. The minimum absolute atomic E-state index is 0.167. The highest BCUT2D eigenvalue weighted by atomic mass is 32.1. The number of hydrogen-bond donors (Lipinski definition) is 1. The van der Waals surface area contributed by atoms with Crippen molar-refractivity contribution in [1.29, 1.82) is 0 Å². The van der Waals surface area contributed by atoms with E-state index in [0.717, 1.165) is 19.5 Å². The quantitative estimate of drug-likeness (QED) is 0.731. The Morgan fingerprint density at radius 3 is 2.27 bits per heavy atom. The van der Waals surface area contributed by atoms with Crippen LogP contribution in [0, 0.1) is 11.8 Å². The third-order valence-corrected chi connectivity index (χ3v) is 3.93. The van der Waals surface area contributed by atoms with Crippen LogP contribution in [0.1, 0.15) is 40.0 Å². The van der Waals surface area contributed by atoms with Gasteiger partial charge in [0.2, 0.25) is 0 Å². The zero-order chi connectivity index (χ0) is 11.4. The van der Waals surface area contributed by atoms with E-state index >= 15 is 0 Å². The second-order valence-electron chi connectivity index (χ2n) is 4.78. The van der Waals surface area contributed by atoms with Gasteiger partial charge in [0.1, 0.15) is 5.37 Å². The van der Waals surface area contributed by atoms with Crippen LogP contribution in [0.25, 0.3) is 0 Å². The fraction of sp³-hybridized carbons (Fsp3) is 0.917. The first kappa shape index (κ1) is 13.0. The molecule has 3 heteroatoms. The van der Waals surface area contributed by atoms with Gasteiger partial charge in [-0.15, -0.1) is 0 Å². The summed E-state index contributed by atoms with van der Waals surface area (Å²) >= 11 is 4.48. The van der Waals surface area contributed by atoms with Crippen molar-refractivity contribution in [1.82, 2.24) is 4.90 Å². The molecule has 1 aliphatic rings. The van der Waals surface area contributed by atoms with Gasteiger partial charge >= 0.3 is 0 Å². The summed E-state index contributed by atoms with van der Waals surface area (Å²) in [6, 6.07) is 0. The highest BCUT2D eigenvalue weighted by Gasteiger charge is 2.30. The molecule has 0 aromatic rings. The van der Waals surface area contributed by atoms with Gasteiger partial charge in [0.05, 0.1) is 0 Å². The molecule has 0 N–H and O–H groups in total. The van der Waals surface area contributed by atoms with E-state index in [9.17, 15) is 4.79 Å². The summed E-state index contributed by atoms with van der Waals surface area (Å²) in [6.07, 6.45) is 3.35. The van der Waals surface area contributed by atoms with Gasteiger partial charge in [0.15, 0.2) is 5.78 Å². The lowest BCUT2D eigenvalue weighted by atomic mass is 9.89. The molecule has 0 aromatic carbocycles. The van der Waals surface area contributed by atoms with Gasteiger partial charge < -0.3 is 0 Å². The van der Waals surface area contributed by atoms with Crippen molar-refractivity contribution in [3.05, 3.63) is 0 Å². The molecule has 0 saturated carbocycles. The number of nitrogens with zero attached hydrogens (tertiary/aromatic N) is 1. The van der Waals surface area contributed by atoms with Crippen molar-refractivity contribution >= 4 is 18.4 Å². The molecular formula is C12H23NOS. The standard InChI is InChI=1S/C12H23NOS/c1-4-10(9(2)3)11(14)12(15)13-7-5-6-8-13/h9-10,12,15H,4-8H2,1-3H3/t10-,12?/m0/s1. The molecule has 2 atom stereocenters. The smallest absolute Gasteiger partial charge is 0.163 e. The van der Waals surface area contributed by atoms with E-state index in [-0.39, 0.29) is 11.3 Å². The molecule has 0 aromatic heterocycles. The van der Waals surface area contributed by atoms with Gasteiger partial charge in [-0.3, -0.25) is 9.69 Å². The Hall–Kier alpha value is -0.0200. The Labute approximate surface area is 98.8 Å². The van der Waals surface area contributed by atoms with Gasteiger partial charge in [0.25, 0.3) is 0 Å². The topological polar surface area (TPSA) is 20.3 Å². The molecule has 2 nitrogen and oxygen atoms in total. The van der Waals surface area contributed by atoms with Crippen molar-refractivity contribution in [3.8, 4) is 0 Å². The van der Waals surface area contributed by atoms with Crippen LogP contribution in [0.4, 0.5) is 0 Å². The third kappa shape index (κ3) is 3.22. The molecule has 0 amide bonds. The predicted octanol–water partition coefficient (Wildman–Crippen LogP) is 2.59. The predicted molar refractivity (Wildman–Crippen MR) is 67.2 cm³/mol. The summed E-state index contributed by atoms with van der Waals surface area (Å²) in [5, 5.41) is -0.167. The average molecular weight is 229 g/mol. The summed E-state index contributed by atoms with van der Waals surface area (Å²) in [6.45, 7) is 8.41. The minimum Gasteiger partial charge on any atom is -0.297 e. The van der Waals surface area contributed by atoms with Crippen LogP contribution in [-0.4, -0.2) is 29.1 Å². The molecular weight excluding hydrogens is 206 g/mol. The number of rotatable bonds is 5. The SMILES string of the molecule is CC[C@H](C(=O)C(S)N1CCCC1)C(C)C. The number of hydrogen-bond acceptors (Lipinski definition) is 3. The summed E-state index contributed by atoms with van der Waals surface area (Å²) in [5.74, 6) is 0.922. The fourth-order valence-electron chi connectivity index (χ4n) is 2.36. The van der Waals surface area contributed by atoms with Gasteiger partial charge in [0, 0.05) is 5.92 Å². The van der Waals surface area contributed by atoms with E-state index in [2.05, 4.69) is 38.3 Å². The first-order valence-corrected chi connectivity index (χ1v) is 6.55. The first-order valence-electron chi connectivity index (χ1n) is 6.03. The van der Waals surface area contributed by atoms with Crippen molar-refractivity contribution in [2.75, 3.05) is 13.1 Å². The molecule has 88 valence electrons. The van der Waals surface area contributed by atoms with E-state index in [1.807, 2.05) is 0 Å². The number of likely N-dealkylation sites (tertiary alicyclic amines) is 1. The number of ketones is 1. The molecule has 1 saturated heterocycles. The van der Waals surface area contributed by atoms with E-state index in [4.69, 9.17) is 0 Å². The number of Topliss-reactive ketones (excluding diaryl/α,β-unsaturated/α-hetero) is 1. The van der Waals surface area contributed by atoms with Crippen LogP contribution >= 0.6 is 12.6 Å². The molecule has 0 bridgehead atoms. The molecule has 1 unspecified atom stereocenters. The summed E-state index contributed by atoms with van der Waals surface area (Å²) in [5.41, 5.74) is 0. The van der Waals surface area contributed by atoms with E-state index in [0.29, 0.717) is 11.7 Å². The third-order valence-electron chi connectivity index (χ3n) is 3.35. The second kappa shape index (κ2) is 5.90. The zero-order valence-electron chi connectivity index (χ0n) is 10.1. The first-order chi connectivity index (χ1) is 7.07. The fourth-order valence-corrected chi connectivity index (χ4v) is 2.78. The summed E-state index contributed by atoms with van der Waals surface area (Å²) in [7, 11) is 0. The Bertz CT molecular complexity index is 212. The van der Waals surface area contributed by atoms with E-state index in [1.165, 1.54) is 12.8 Å². The number of thiol groups is 1. The Morgan fingerprint density at radius 1 is 1.33 bits per heavy atom. The van der Waals surface area contributed by atoms with Crippen LogP contribution in [0.15, 0.2) is 0 Å². The molecule has 1 aliphatic heterocycles. The Kier molecular flexibility index (Phi) is 5.13. The normalized spacial score (nSPS) is 21.9. The van der Waals surface area contributed by atoms with Crippen LogP contribution in [0.3, 0.4) is 0 Å². The maximum Gasteiger partial charge on any atom is 0.163 e. The van der Waals surface area contributed by atoms with Crippen molar-refractivity contribution < 1.29 is 4.79 Å². The molecule has 0 radical (unpaired) electrons. The zero-order valence-corrected chi connectivity index (χ0v) is 11.0. The van der Waals surface area contributed by atoms with Crippen LogP contribution in [-0.2, 0) is 4.79 Å². The molecule has 15 heavy (non-hydrogen) atoms. The lowest BCUT2D eigenvalue weighted by molar-refractivity contribution is -0.126. The molecule has 0 aliphatic carbocycles. The van der Waals surface area contributed by atoms with Crippen molar-refractivity contribution in [2.45, 2.75) is 45.4 Å².